The number of aromatic nitrogens is 2. The van der Waals surface area contributed by atoms with Crippen molar-refractivity contribution in [3.63, 3.8) is 0 Å². The molecule has 1 saturated heterocycles. The predicted molar refractivity (Wildman–Crippen MR) is 177 cm³/mol. The number of rotatable bonds is 16. The van der Waals surface area contributed by atoms with Crippen LogP contribution in [-0.2, 0) is 34.7 Å². The van der Waals surface area contributed by atoms with Crippen molar-refractivity contribution in [3.05, 3.63) is 60.2 Å². The Balaban J connectivity index is 1.58. The number of aliphatic carboxylic acids is 1. The van der Waals surface area contributed by atoms with Gasteiger partial charge in [-0.15, -0.1) is 0 Å². The van der Waals surface area contributed by atoms with E-state index in [2.05, 4.69) is 30.8 Å². The van der Waals surface area contributed by atoms with E-state index in [1.807, 2.05) is 44.2 Å². The van der Waals surface area contributed by atoms with E-state index in [0.29, 0.717) is 58.5 Å². The van der Waals surface area contributed by atoms with E-state index in [0.717, 1.165) is 5.56 Å². The van der Waals surface area contributed by atoms with E-state index >= 15 is 0 Å². The van der Waals surface area contributed by atoms with Crippen molar-refractivity contribution < 1.29 is 43.1 Å². The Labute approximate surface area is 281 Å². The predicted octanol–water partition coefficient (Wildman–Crippen LogP) is 1.55. The van der Waals surface area contributed by atoms with Crippen LogP contribution >= 0.6 is 8.03 Å². The molecule has 0 bridgehead atoms. The van der Waals surface area contributed by atoms with Crippen LogP contribution in [0.15, 0.2) is 48.9 Å². The first-order chi connectivity index (χ1) is 23.0. The van der Waals surface area contributed by atoms with Gasteiger partial charge in [-0.25, -0.2) is 9.78 Å². The van der Waals surface area contributed by atoms with Gasteiger partial charge in [0.05, 0.1) is 12.1 Å². The van der Waals surface area contributed by atoms with Crippen molar-refractivity contribution >= 4 is 38.8 Å². The second-order valence-corrected chi connectivity index (χ2v) is 13.0. The van der Waals surface area contributed by atoms with Crippen LogP contribution in [0, 0.1) is 5.92 Å². The minimum atomic E-state index is -3.08. The Bertz CT molecular complexity index is 1320. The Kier molecular flexibility index (Phi) is 16.5. The highest BCUT2D eigenvalue weighted by atomic mass is 31.1. The van der Waals surface area contributed by atoms with E-state index in [9.17, 15) is 23.7 Å². The summed E-state index contributed by atoms with van der Waals surface area (Å²) in [5, 5.41) is 17.0. The first kappa shape index (κ1) is 38.6. The number of nitrogens with one attached hydrogen (secondary N) is 3. The van der Waals surface area contributed by atoms with Crippen molar-refractivity contribution in [2.75, 3.05) is 32.8 Å². The number of carbonyl (C=O) groups excluding carboxylic acids is 3. The van der Waals surface area contributed by atoms with Crippen LogP contribution < -0.4 is 16.0 Å². The molecule has 15 nitrogen and oxygen atoms in total. The molecule has 0 aliphatic carbocycles. The fourth-order valence-corrected chi connectivity index (χ4v) is 5.67. The molecule has 260 valence electrons. The lowest BCUT2D eigenvalue weighted by molar-refractivity contribution is -0.139. The molecule has 1 aromatic heterocycles. The number of carbonyl (C=O) groups is 4. The molecular formula is C31H45BN6O9P+. The van der Waals surface area contributed by atoms with Gasteiger partial charge in [-0.3, -0.25) is 19.4 Å². The minimum absolute atomic E-state index is 0.0135. The number of benzene rings is 1. The zero-order valence-corrected chi connectivity index (χ0v) is 28.2. The van der Waals surface area contributed by atoms with E-state index in [4.69, 9.17) is 19.3 Å². The van der Waals surface area contributed by atoms with Gasteiger partial charge < -0.3 is 35.3 Å². The van der Waals surface area contributed by atoms with Gasteiger partial charge in [-0.2, -0.15) is 4.89 Å². The Morgan fingerprint density at radius 3 is 2.29 bits per heavy atom. The molecule has 4 atom stereocenters. The lowest BCUT2D eigenvalue weighted by Gasteiger charge is -2.30. The summed E-state index contributed by atoms with van der Waals surface area (Å²) in [5.74, 6) is -5.16. The smallest absolute Gasteiger partial charge is 0.476 e. The van der Waals surface area contributed by atoms with Gasteiger partial charge in [-0.05, 0) is 48.3 Å². The molecule has 0 saturated carbocycles. The number of carboxylic acids is 1. The molecule has 1 fully saturated rings. The molecule has 1 aliphatic heterocycles. The SMILES string of the molecule is CC(C)C[C@@H](NC(=O)[C@@H](Cc1ccccc1)NC(=O)c1cnccn1)B1OCCCN(CCCC(=O)NC(C(=O)O)[P+](=O)O)CCCO1. The van der Waals surface area contributed by atoms with Crippen molar-refractivity contribution in [2.45, 2.75) is 70.1 Å². The molecule has 5 N–H and O–H groups in total. The van der Waals surface area contributed by atoms with Crippen molar-refractivity contribution in [1.82, 2.24) is 30.8 Å². The van der Waals surface area contributed by atoms with Crippen LogP contribution in [0.1, 0.15) is 62.0 Å². The summed E-state index contributed by atoms with van der Waals surface area (Å²) in [6.07, 6.45) is 6.82. The number of nitrogens with zero attached hydrogens (tertiary/aromatic N) is 3. The number of hydrogen-bond acceptors (Lipinski definition) is 10. The normalized spacial score (nSPS) is 16.7. The second-order valence-electron chi connectivity index (χ2n) is 11.9. The van der Waals surface area contributed by atoms with Crippen LogP contribution in [-0.4, -0.2) is 106 Å². The zero-order chi connectivity index (χ0) is 34.9. The van der Waals surface area contributed by atoms with Gasteiger partial charge in [0.1, 0.15) is 11.7 Å². The topological polar surface area (TPSA) is 209 Å². The van der Waals surface area contributed by atoms with Gasteiger partial charge in [0.15, 0.2) is 0 Å². The standard InChI is InChI=1S/C31H44BN6O9P/c1-22(2)19-26(36-28(40)24(20-23-9-4-3-5-10-23)35-29(41)25-21-33-12-13-34-25)32-46-17-7-15-38(16-8-18-47-32)14-6-11-27(39)37-30(31(42)43)48(44)45/h3-5,9-10,12-13,21-22,24,26,30H,6-8,11,14-20H2,1-2H3,(H4-,35,36,37,39,40,41,42,43,44,45)/p+1/t24-,26-,30?/m1/s1. The van der Waals surface area contributed by atoms with Crippen LogP contribution in [0.4, 0.5) is 0 Å². The fourth-order valence-electron chi connectivity index (χ4n) is 5.23. The monoisotopic (exact) mass is 687 g/mol. The first-order valence-electron chi connectivity index (χ1n) is 16.1. The molecule has 0 spiro atoms. The summed E-state index contributed by atoms with van der Waals surface area (Å²) < 4.78 is 23.5. The Morgan fingerprint density at radius 1 is 1.02 bits per heavy atom. The molecule has 17 heteroatoms. The van der Waals surface area contributed by atoms with Crippen LogP contribution in [0.5, 0.6) is 0 Å². The third kappa shape index (κ3) is 13.7. The fraction of sp³-hybridized carbons (Fsp3) is 0.548. The molecule has 2 unspecified atom stereocenters. The van der Waals surface area contributed by atoms with Gasteiger partial charge >= 0.3 is 26.9 Å². The minimum Gasteiger partial charge on any atom is -0.476 e. The maximum atomic E-state index is 13.8. The molecular weight excluding hydrogens is 642 g/mol. The third-order valence-electron chi connectivity index (χ3n) is 7.51. The van der Waals surface area contributed by atoms with Gasteiger partial charge in [-0.1, -0.05) is 44.2 Å². The van der Waals surface area contributed by atoms with Crippen LogP contribution in [0.25, 0.3) is 0 Å². The summed E-state index contributed by atoms with van der Waals surface area (Å²) in [5.41, 5.74) is 0.977. The average Bonchev–Trinajstić information content (AvgIpc) is 3.06. The summed E-state index contributed by atoms with van der Waals surface area (Å²) >= 11 is 0. The average molecular weight is 688 g/mol. The molecule has 3 amide bonds. The lowest BCUT2D eigenvalue weighted by atomic mass is 9.73. The van der Waals surface area contributed by atoms with E-state index in [-0.39, 0.29) is 30.4 Å². The van der Waals surface area contributed by atoms with Crippen molar-refractivity contribution in [1.29, 1.82) is 0 Å². The van der Waals surface area contributed by atoms with Crippen LogP contribution in [0.2, 0.25) is 0 Å². The zero-order valence-electron chi connectivity index (χ0n) is 27.3. The molecule has 0 radical (unpaired) electrons. The maximum Gasteiger partial charge on any atom is 0.543 e. The summed E-state index contributed by atoms with van der Waals surface area (Å²) in [7, 11) is -3.79. The third-order valence-corrected chi connectivity index (χ3v) is 8.31. The number of carboxylic acid groups (broad SMARTS) is 1. The van der Waals surface area contributed by atoms with E-state index in [1.165, 1.54) is 18.6 Å². The molecule has 1 aliphatic rings. The lowest BCUT2D eigenvalue weighted by Crippen LogP contribution is -2.56. The summed E-state index contributed by atoms with van der Waals surface area (Å²) in [4.78, 5) is 69.2. The highest BCUT2D eigenvalue weighted by Crippen LogP contribution is 2.20. The molecule has 2 heterocycles. The Hall–Kier alpha value is -3.82. The summed E-state index contributed by atoms with van der Waals surface area (Å²) in [6.45, 7) is 6.72. The summed E-state index contributed by atoms with van der Waals surface area (Å²) in [6, 6.07) is 8.51. The maximum absolute atomic E-state index is 13.8. The highest BCUT2D eigenvalue weighted by Gasteiger charge is 2.38. The molecule has 1 aromatic carbocycles. The number of amides is 3. The van der Waals surface area contributed by atoms with Crippen LogP contribution in [0.3, 0.4) is 0 Å². The molecule has 3 rings (SSSR count). The van der Waals surface area contributed by atoms with Gasteiger partial charge in [0, 0.05) is 51.5 Å². The molecule has 48 heavy (non-hydrogen) atoms. The largest absolute Gasteiger partial charge is 0.543 e. The van der Waals surface area contributed by atoms with Gasteiger partial charge in [0.2, 0.25) is 11.8 Å². The van der Waals surface area contributed by atoms with E-state index < -0.39 is 50.7 Å². The van der Waals surface area contributed by atoms with Gasteiger partial charge in [0.25, 0.3) is 5.91 Å². The first-order valence-corrected chi connectivity index (χ1v) is 17.4. The van der Waals surface area contributed by atoms with E-state index in [1.54, 1.807) is 0 Å². The second kappa shape index (κ2) is 20.5. The quantitative estimate of drug-likeness (QED) is 0.126. The van der Waals surface area contributed by atoms with Crippen molar-refractivity contribution in [3.8, 4) is 0 Å². The Morgan fingerprint density at radius 2 is 1.71 bits per heavy atom. The highest BCUT2D eigenvalue weighted by molar-refractivity contribution is 7.40. The molecule has 2 aromatic rings. The van der Waals surface area contributed by atoms with Crippen molar-refractivity contribution in [2.24, 2.45) is 5.92 Å². The number of hydrogen-bond donors (Lipinski definition) is 5.